The highest BCUT2D eigenvalue weighted by Crippen LogP contribution is 2.31. The third-order valence-electron chi connectivity index (χ3n) is 4.15. The third kappa shape index (κ3) is 5.90. The van der Waals surface area contributed by atoms with Crippen LogP contribution in [-0.2, 0) is 4.74 Å². The molecule has 1 unspecified atom stereocenters. The van der Waals surface area contributed by atoms with Gasteiger partial charge >= 0.3 is 0 Å². The maximum absolute atomic E-state index is 6.07. The van der Waals surface area contributed by atoms with E-state index in [1.807, 2.05) is 0 Å². The molecule has 0 saturated heterocycles. The van der Waals surface area contributed by atoms with E-state index in [2.05, 4.69) is 34.6 Å². The molecule has 0 bridgehead atoms. The summed E-state index contributed by atoms with van der Waals surface area (Å²) in [6, 6.07) is 0. The van der Waals surface area contributed by atoms with Gasteiger partial charge < -0.3 is 4.74 Å². The van der Waals surface area contributed by atoms with Crippen molar-refractivity contribution in [2.75, 3.05) is 6.61 Å². The van der Waals surface area contributed by atoms with Crippen molar-refractivity contribution >= 4 is 0 Å². The average molecular weight is 240 g/mol. The predicted molar refractivity (Wildman–Crippen MR) is 75.2 cm³/mol. The first-order valence-electron chi connectivity index (χ1n) is 7.60. The molecule has 1 saturated carbocycles. The fourth-order valence-corrected chi connectivity index (χ4v) is 3.10. The normalized spacial score (nSPS) is 27.7. The summed E-state index contributed by atoms with van der Waals surface area (Å²) in [5.41, 5.74) is 0. The van der Waals surface area contributed by atoms with Gasteiger partial charge in [0.05, 0.1) is 6.10 Å². The van der Waals surface area contributed by atoms with Gasteiger partial charge in [-0.05, 0) is 55.8 Å². The summed E-state index contributed by atoms with van der Waals surface area (Å²) in [6.45, 7) is 12.6. The minimum Gasteiger partial charge on any atom is -0.378 e. The zero-order chi connectivity index (χ0) is 12.8. The summed E-state index contributed by atoms with van der Waals surface area (Å²) in [4.78, 5) is 0. The van der Waals surface area contributed by atoms with E-state index >= 15 is 0 Å². The van der Waals surface area contributed by atoms with Crippen molar-refractivity contribution in [2.24, 2.45) is 23.7 Å². The standard InChI is InChI=1S/C16H32O/c1-12(2)10-14(5)11-17-16-8-6-15(7-9-16)13(3)4/h12-16H,6-11H2,1-5H3. The maximum atomic E-state index is 6.07. The van der Waals surface area contributed by atoms with Crippen molar-refractivity contribution in [3.8, 4) is 0 Å². The second-order valence-electron chi connectivity index (χ2n) is 6.85. The first-order valence-corrected chi connectivity index (χ1v) is 7.60. The molecule has 0 aromatic rings. The Bertz CT molecular complexity index is 190. The molecule has 1 atom stereocenters. The minimum absolute atomic E-state index is 0.555. The summed E-state index contributed by atoms with van der Waals surface area (Å²) in [5.74, 6) is 3.32. The molecular formula is C16H32O. The first kappa shape index (κ1) is 15.0. The Morgan fingerprint density at radius 2 is 1.53 bits per heavy atom. The SMILES string of the molecule is CC(C)CC(C)COC1CCC(C(C)C)CC1. The van der Waals surface area contributed by atoms with Gasteiger partial charge in [0, 0.05) is 6.61 Å². The molecule has 0 N–H and O–H groups in total. The molecule has 0 aliphatic heterocycles. The van der Waals surface area contributed by atoms with E-state index in [0.29, 0.717) is 6.10 Å². The van der Waals surface area contributed by atoms with Gasteiger partial charge in [-0.25, -0.2) is 0 Å². The number of ether oxygens (including phenoxy) is 1. The maximum Gasteiger partial charge on any atom is 0.0575 e. The lowest BCUT2D eigenvalue weighted by Gasteiger charge is -2.31. The van der Waals surface area contributed by atoms with Crippen LogP contribution >= 0.6 is 0 Å². The Labute approximate surface area is 108 Å². The van der Waals surface area contributed by atoms with E-state index in [-0.39, 0.29) is 0 Å². The summed E-state index contributed by atoms with van der Waals surface area (Å²) < 4.78 is 6.07. The van der Waals surface area contributed by atoms with Crippen molar-refractivity contribution < 1.29 is 4.74 Å². The zero-order valence-electron chi connectivity index (χ0n) is 12.5. The van der Waals surface area contributed by atoms with Gasteiger partial charge in [0.1, 0.15) is 0 Å². The highest BCUT2D eigenvalue weighted by molar-refractivity contribution is 4.75. The third-order valence-corrected chi connectivity index (χ3v) is 4.15. The molecule has 1 rings (SSSR count). The van der Waals surface area contributed by atoms with Gasteiger partial charge in [-0.2, -0.15) is 0 Å². The number of rotatable bonds is 6. The molecule has 17 heavy (non-hydrogen) atoms. The fraction of sp³-hybridized carbons (Fsp3) is 1.00. The molecule has 1 heteroatoms. The second-order valence-corrected chi connectivity index (χ2v) is 6.85. The average Bonchev–Trinajstić information content (AvgIpc) is 2.26. The monoisotopic (exact) mass is 240 g/mol. The Balaban J connectivity index is 2.14. The molecule has 1 aliphatic carbocycles. The molecule has 102 valence electrons. The molecule has 0 radical (unpaired) electrons. The van der Waals surface area contributed by atoms with Gasteiger partial charge in [-0.3, -0.25) is 0 Å². The Hall–Kier alpha value is -0.0400. The Kier molecular flexibility index (Phi) is 6.54. The summed E-state index contributed by atoms with van der Waals surface area (Å²) >= 11 is 0. The van der Waals surface area contributed by atoms with Crippen LogP contribution in [0.2, 0.25) is 0 Å². The molecule has 1 nitrogen and oxygen atoms in total. The van der Waals surface area contributed by atoms with Crippen LogP contribution in [0.25, 0.3) is 0 Å². The summed E-state index contributed by atoms with van der Waals surface area (Å²) in [5, 5.41) is 0. The molecular weight excluding hydrogens is 208 g/mol. The van der Waals surface area contributed by atoms with Crippen molar-refractivity contribution in [3.63, 3.8) is 0 Å². The van der Waals surface area contributed by atoms with Crippen LogP contribution in [0.5, 0.6) is 0 Å². The molecule has 1 aliphatic rings. The topological polar surface area (TPSA) is 9.23 Å². The Morgan fingerprint density at radius 1 is 0.941 bits per heavy atom. The van der Waals surface area contributed by atoms with Gasteiger partial charge in [0.25, 0.3) is 0 Å². The van der Waals surface area contributed by atoms with Gasteiger partial charge in [-0.15, -0.1) is 0 Å². The van der Waals surface area contributed by atoms with Crippen molar-refractivity contribution in [3.05, 3.63) is 0 Å². The van der Waals surface area contributed by atoms with Crippen LogP contribution in [0.3, 0.4) is 0 Å². The summed E-state index contributed by atoms with van der Waals surface area (Å²) in [6.07, 6.45) is 7.18. The van der Waals surface area contributed by atoms with E-state index < -0.39 is 0 Å². The molecule has 0 heterocycles. The Morgan fingerprint density at radius 3 is 2.00 bits per heavy atom. The van der Waals surface area contributed by atoms with Crippen LogP contribution in [0, 0.1) is 23.7 Å². The molecule has 0 aromatic carbocycles. The van der Waals surface area contributed by atoms with Crippen LogP contribution in [0.4, 0.5) is 0 Å². The highest BCUT2D eigenvalue weighted by atomic mass is 16.5. The van der Waals surface area contributed by atoms with E-state index in [1.54, 1.807) is 0 Å². The van der Waals surface area contributed by atoms with Gasteiger partial charge in [-0.1, -0.05) is 34.6 Å². The largest absolute Gasteiger partial charge is 0.378 e. The number of hydrogen-bond donors (Lipinski definition) is 0. The lowest BCUT2D eigenvalue weighted by molar-refractivity contribution is -0.00497. The lowest BCUT2D eigenvalue weighted by atomic mass is 9.80. The second kappa shape index (κ2) is 7.41. The highest BCUT2D eigenvalue weighted by Gasteiger charge is 2.23. The quantitative estimate of drug-likeness (QED) is 0.641. The van der Waals surface area contributed by atoms with Gasteiger partial charge in [0.15, 0.2) is 0 Å². The van der Waals surface area contributed by atoms with E-state index in [4.69, 9.17) is 4.74 Å². The molecule has 0 amide bonds. The van der Waals surface area contributed by atoms with Crippen molar-refractivity contribution in [1.29, 1.82) is 0 Å². The smallest absolute Gasteiger partial charge is 0.0575 e. The van der Waals surface area contributed by atoms with Crippen molar-refractivity contribution in [2.45, 2.75) is 72.8 Å². The van der Waals surface area contributed by atoms with Crippen LogP contribution in [0.1, 0.15) is 66.7 Å². The zero-order valence-corrected chi connectivity index (χ0v) is 12.5. The van der Waals surface area contributed by atoms with Gasteiger partial charge in [0.2, 0.25) is 0 Å². The number of hydrogen-bond acceptors (Lipinski definition) is 1. The lowest BCUT2D eigenvalue weighted by Crippen LogP contribution is -2.26. The summed E-state index contributed by atoms with van der Waals surface area (Å²) in [7, 11) is 0. The van der Waals surface area contributed by atoms with E-state index in [0.717, 1.165) is 30.3 Å². The molecule has 0 spiro atoms. The van der Waals surface area contributed by atoms with E-state index in [9.17, 15) is 0 Å². The van der Waals surface area contributed by atoms with Crippen LogP contribution < -0.4 is 0 Å². The minimum atomic E-state index is 0.555. The molecule has 1 fully saturated rings. The van der Waals surface area contributed by atoms with Crippen LogP contribution in [-0.4, -0.2) is 12.7 Å². The first-order chi connectivity index (χ1) is 7.99. The predicted octanol–water partition coefficient (Wildman–Crippen LogP) is 4.90. The fourth-order valence-electron chi connectivity index (χ4n) is 3.10. The van der Waals surface area contributed by atoms with Crippen molar-refractivity contribution in [1.82, 2.24) is 0 Å². The van der Waals surface area contributed by atoms with Crippen LogP contribution in [0.15, 0.2) is 0 Å². The molecule has 0 aromatic heterocycles. The van der Waals surface area contributed by atoms with E-state index in [1.165, 1.54) is 32.1 Å².